The van der Waals surface area contributed by atoms with Gasteiger partial charge in [0.15, 0.2) is 11.5 Å². The van der Waals surface area contributed by atoms with E-state index in [1.807, 2.05) is 35.2 Å². The molecule has 0 N–H and O–H groups in total. The van der Waals surface area contributed by atoms with E-state index in [0.29, 0.717) is 54.0 Å². The number of likely N-dealkylation sites (tertiary alicyclic amines) is 1. The number of nitriles is 1. The lowest BCUT2D eigenvalue weighted by Crippen LogP contribution is -2.44. The molecule has 2 aromatic carbocycles. The van der Waals surface area contributed by atoms with Crippen molar-refractivity contribution in [3.8, 4) is 17.6 Å². The zero-order valence-electron chi connectivity index (χ0n) is 17.3. The van der Waals surface area contributed by atoms with Gasteiger partial charge in [-0.15, -0.1) is 0 Å². The van der Waals surface area contributed by atoms with E-state index < -0.39 is 15.1 Å². The van der Waals surface area contributed by atoms with Crippen LogP contribution in [0.4, 0.5) is 5.69 Å². The Kier molecular flexibility index (Phi) is 5.16. The minimum Gasteiger partial charge on any atom is -0.493 e. The molecule has 8 heteroatoms. The first-order chi connectivity index (χ1) is 14.4. The number of guanidine groups is 1. The third kappa shape index (κ3) is 3.39. The Hall–Kier alpha value is -3.05. The molecule has 1 atom stereocenters. The Morgan fingerprint density at radius 3 is 2.33 bits per heavy atom. The molecule has 0 radical (unpaired) electrons. The summed E-state index contributed by atoms with van der Waals surface area (Å²) in [5, 5.41) is 9.92. The first kappa shape index (κ1) is 20.2. The third-order valence-electron chi connectivity index (χ3n) is 5.79. The van der Waals surface area contributed by atoms with Gasteiger partial charge in [-0.2, -0.15) is 9.62 Å². The Morgan fingerprint density at radius 2 is 1.73 bits per heavy atom. The van der Waals surface area contributed by atoms with Crippen LogP contribution in [-0.2, 0) is 15.1 Å². The SMILES string of the molecule is COc1cc2c(cc1OC)S(C)(=O)=NC(N1CCC(C#N)(c3ccccc3)CC1)=N2. The molecule has 2 heterocycles. The van der Waals surface area contributed by atoms with E-state index >= 15 is 0 Å². The number of ether oxygens (including phenoxy) is 2. The molecular weight excluding hydrogens is 400 g/mol. The van der Waals surface area contributed by atoms with Gasteiger partial charge in [-0.25, -0.2) is 9.20 Å². The monoisotopic (exact) mass is 424 g/mol. The Balaban J connectivity index is 1.65. The summed E-state index contributed by atoms with van der Waals surface area (Å²) in [6.45, 7) is 1.23. The zero-order valence-corrected chi connectivity index (χ0v) is 18.1. The quantitative estimate of drug-likeness (QED) is 0.749. The molecule has 1 unspecified atom stereocenters. The Morgan fingerprint density at radius 1 is 1.10 bits per heavy atom. The number of nitrogens with zero attached hydrogens (tertiary/aromatic N) is 4. The lowest BCUT2D eigenvalue weighted by Gasteiger charge is -2.38. The number of fused-ring (bicyclic) bond motifs is 1. The van der Waals surface area contributed by atoms with Gasteiger partial charge in [0.2, 0.25) is 5.96 Å². The first-order valence-corrected chi connectivity index (χ1v) is 11.6. The molecular formula is C22H24N4O3S. The van der Waals surface area contributed by atoms with Gasteiger partial charge >= 0.3 is 0 Å². The van der Waals surface area contributed by atoms with Gasteiger partial charge in [-0.1, -0.05) is 30.3 Å². The predicted octanol–water partition coefficient (Wildman–Crippen LogP) is 3.72. The predicted molar refractivity (Wildman–Crippen MR) is 116 cm³/mol. The van der Waals surface area contributed by atoms with Crippen LogP contribution in [-0.4, -0.2) is 48.6 Å². The topological polar surface area (TPSA) is 87.3 Å². The van der Waals surface area contributed by atoms with E-state index in [9.17, 15) is 9.47 Å². The zero-order chi connectivity index (χ0) is 21.4. The van der Waals surface area contributed by atoms with E-state index in [0.717, 1.165) is 5.56 Å². The summed E-state index contributed by atoms with van der Waals surface area (Å²) in [6, 6.07) is 15.9. The van der Waals surface area contributed by atoms with Crippen LogP contribution in [0.2, 0.25) is 0 Å². The van der Waals surface area contributed by atoms with Gasteiger partial charge < -0.3 is 14.4 Å². The van der Waals surface area contributed by atoms with Crippen LogP contribution < -0.4 is 9.47 Å². The number of hydrogen-bond acceptors (Lipinski definition) is 7. The normalized spacial score (nSPS) is 22.2. The third-order valence-corrected chi connectivity index (χ3v) is 7.44. The minimum absolute atomic E-state index is 0.446. The summed E-state index contributed by atoms with van der Waals surface area (Å²) in [5.41, 5.74) is 1.09. The van der Waals surface area contributed by atoms with E-state index in [1.165, 1.54) is 7.11 Å². The standard InChI is InChI=1S/C22H24N4O3S/c1-28-18-13-17-20(14-19(18)29-2)30(3,27)25-21(24-17)26-11-9-22(15-23,10-12-26)16-7-5-4-6-8-16/h4-8,13-14H,9-12H2,1-3H3. The molecule has 0 bridgehead atoms. The van der Waals surface area contributed by atoms with Crippen LogP contribution in [0.15, 0.2) is 56.7 Å². The van der Waals surface area contributed by atoms with E-state index in [1.54, 1.807) is 25.5 Å². The van der Waals surface area contributed by atoms with Gasteiger partial charge in [-0.05, 0) is 18.4 Å². The summed E-state index contributed by atoms with van der Waals surface area (Å²) in [7, 11) is 0.414. The maximum Gasteiger partial charge on any atom is 0.234 e. The number of methoxy groups -OCH3 is 2. The molecule has 156 valence electrons. The number of benzene rings is 2. The van der Waals surface area contributed by atoms with Crippen LogP contribution in [0.5, 0.6) is 11.5 Å². The number of piperidine rings is 1. The minimum atomic E-state index is -2.68. The largest absolute Gasteiger partial charge is 0.493 e. The summed E-state index contributed by atoms with van der Waals surface area (Å²) in [4.78, 5) is 7.23. The van der Waals surface area contributed by atoms with Crippen molar-refractivity contribution in [3.63, 3.8) is 0 Å². The maximum absolute atomic E-state index is 13.3. The van der Waals surface area contributed by atoms with Crippen molar-refractivity contribution in [2.45, 2.75) is 23.2 Å². The van der Waals surface area contributed by atoms with Gasteiger partial charge in [0, 0.05) is 31.5 Å². The number of hydrogen-bond donors (Lipinski definition) is 0. The second-order valence-corrected chi connectivity index (χ2v) is 9.75. The van der Waals surface area contributed by atoms with Gasteiger partial charge in [-0.3, -0.25) is 0 Å². The molecule has 0 amide bonds. The average molecular weight is 425 g/mol. The Bertz CT molecular complexity index is 1150. The van der Waals surface area contributed by atoms with E-state index in [2.05, 4.69) is 15.4 Å². The second kappa shape index (κ2) is 7.65. The second-order valence-electron chi connectivity index (χ2n) is 7.53. The molecule has 2 aliphatic heterocycles. The highest BCUT2D eigenvalue weighted by atomic mass is 32.2. The van der Waals surface area contributed by atoms with Gasteiger partial charge in [0.1, 0.15) is 0 Å². The first-order valence-electron chi connectivity index (χ1n) is 9.71. The average Bonchev–Trinajstić information content (AvgIpc) is 2.78. The fraction of sp³-hybridized carbons (Fsp3) is 0.364. The molecule has 0 aromatic heterocycles. The summed E-state index contributed by atoms with van der Waals surface area (Å²) < 4.78 is 28.5. The van der Waals surface area contributed by atoms with Crippen molar-refractivity contribution in [3.05, 3.63) is 48.0 Å². The fourth-order valence-electron chi connectivity index (χ4n) is 4.01. The highest BCUT2D eigenvalue weighted by molar-refractivity contribution is 7.93. The van der Waals surface area contributed by atoms with Crippen molar-refractivity contribution in [2.75, 3.05) is 33.6 Å². The van der Waals surface area contributed by atoms with Crippen LogP contribution >= 0.6 is 0 Å². The van der Waals surface area contributed by atoms with Crippen molar-refractivity contribution in [2.24, 2.45) is 9.36 Å². The van der Waals surface area contributed by atoms with E-state index in [4.69, 9.17) is 9.47 Å². The fourth-order valence-corrected chi connectivity index (χ4v) is 5.40. The lowest BCUT2D eigenvalue weighted by molar-refractivity contribution is 0.268. The number of rotatable bonds is 3. The van der Waals surface area contributed by atoms with E-state index in [-0.39, 0.29) is 0 Å². The highest BCUT2D eigenvalue weighted by Crippen LogP contribution is 2.41. The molecule has 0 spiro atoms. The van der Waals surface area contributed by atoms with Crippen molar-refractivity contribution < 1.29 is 13.7 Å². The molecule has 0 saturated carbocycles. The number of aliphatic imine (C=N–C) groups is 1. The van der Waals surface area contributed by atoms with Crippen molar-refractivity contribution in [1.82, 2.24) is 4.90 Å². The van der Waals surface area contributed by atoms with Gasteiger partial charge in [0.05, 0.1) is 46.0 Å². The van der Waals surface area contributed by atoms with Gasteiger partial charge in [0.25, 0.3) is 0 Å². The molecule has 1 saturated heterocycles. The molecule has 30 heavy (non-hydrogen) atoms. The molecule has 2 aliphatic rings. The lowest BCUT2D eigenvalue weighted by atomic mass is 9.74. The molecule has 0 aliphatic carbocycles. The summed E-state index contributed by atoms with van der Waals surface area (Å²) in [5.74, 6) is 1.48. The summed E-state index contributed by atoms with van der Waals surface area (Å²) >= 11 is 0. The highest BCUT2D eigenvalue weighted by Gasteiger charge is 2.38. The molecule has 4 rings (SSSR count). The van der Waals surface area contributed by atoms with Crippen molar-refractivity contribution in [1.29, 1.82) is 5.26 Å². The smallest absolute Gasteiger partial charge is 0.234 e. The van der Waals surface area contributed by atoms with Crippen LogP contribution in [0.3, 0.4) is 0 Å². The maximum atomic E-state index is 13.3. The van der Waals surface area contributed by atoms with Crippen LogP contribution in [0.1, 0.15) is 18.4 Å². The Labute approximate surface area is 177 Å². The van der Waals surface area contributed by atoms with Crippen LogP contribution in [0, 0.1) is 11.3 Å². The molecule has 7 nitrogen and oxygen atoms in total. The molecule has 2 aromatic rings. The van der Waals surface area contributed by atoms with Crippen LogP contribution in [0.25, 0.3) is 0 Å². The molecule has 1 fully saturated rings. The summed E-state index contributed by atoms with van der Waals surface area (Å²) in [6.07, 6.45) is 2.93. The van der Waals surface area contributed by atoms with Crippen molar-refractivity contribution >= 4 is 21.4 Å².